The Morgan fingerprint density at radius 1 is 1.26 bits per heavy atom. The van der Waals surface area contributed by atoms with Gasteiger partial charge in [-0.1, -0.05) is 25.0 Å². The van der Waals surface area contributed by atoms with Crippen LogP contribution in [-0.4, -0.2) is 11.6 Å². The maximum atomic E-state index is 3.32. The van der Waals surface area contributed by atoms with Gasteiger partial charge in [0.15, 0.2) is 0 Å². The first-order valence-corrected chi connectivity index (χ1v) is 7.54. The van der Waals surface area contributed by atoms with Gasteiger partial charge in [-0.25, -0.2) is 0 Å². The van der Waals surface area contributed by atoms with Crippen molar-refractivity contribution in [1.29, 1.82) is 0 Å². The van der Waals surface area contributed by atoms with Crippen molar-refractivity contribution in [1.82, 2.24) is 9.88 Å². The van der Waals surface area contributed by atoms with Crippen molar-refractivity contribution in [2.45, 2.75) is 45.2 Å². The van der Waals surface area contributed by atoms with E-state index in [4.69, 9.17) is 0 Å². The molecule has 0 amide bonds. The highest BCUT2D eigenvalue weighted by Gasteiger charge is 2.16. The molecular formula is C17H24N2. The quantitative estimate of drug-likeness (QED) is 0.871. The van der Waals surface area contributed by atoms with Crippen LogP contribution >= 0.6 is 0 Å². The molecule has 3 rings (SSSR count). The molecule has 0 aliphatic heterocycles. The second-order valence-corrected chi connectivity index (χ2v) is 5.95. The number of rotatable bonds is 4. The lowest BCUT2D eigenvalue weighted by atomic mass is 10.1. The summed E-state index contributed by atoms with van der Waals surface area (Å²) in [5.41, 5.74) is 2.77. The molecule has 2 aromatic rings. The fraction of sp³-hybridized carbons (Fsp3) is 0.529. The van der Waals surface area contributed by atoms with E-state index in [1.54, 1.807) is 0 Å². The van der Waals surface area contributed by atoms with E-state index < -0.39 is 0 Å². The normalized spacial score (nSPS) is 18.2. The Bertz CT molecular complexity index is 549. The Morgan fingerprint density at radius 2 is 2.05 bits per heavy atom. The molecule has 1 aliphatic rings. The van der Waals surface area contributed by atoms with Crippen LogP contribution in [0.2, 0.25) is 0 Å². The Balaban J connectivity index is 1.91. The van der Waals surface area contributed by atoms with E-state index in [0.717, 1.165) is 5.92 Å². The third-order valence-electron chi connectivity index (χ3n) is 4.66. The maximum Gasteiger partial charge on any atom is 0.0483 e. The first kappa shape index (κ1) is 12.7. The van der Waals surface area contributed by atoms with Crippen LogP contribution in [0.1, 0.15) is 44.2 Å². The van der Waals surface area contributed by atoms with Crippen molar-refractivity contribution in [2.75, 3.05) is 7.05 Å². The zero-order valence-electron chi connectivity index (χ0n) is 12.0. The summed E-state index contributed by atoms with van der Waals surface area (Å²) in [6, 6.07) is 9.51. The summed E-state index contributed by atoms with van der Waals surface area (Å²) in [7, 11) is 2.02. The highest BCUT2D eigenvalue weighted by atomic mass is 15.0. The van der Waals surface area contributed by atoms with Crippen LogP contribution in [0.5, 0.6) is 0 Å². The molecule has 2 nitrogen and oxygen atoms in total. The van der Waals surface area contributed by atoms with Gasteiger partial charge in [-0.3, -0.25) is 0 Å². The minimum atomic E-state index is 0.416. The zero-order valence-corrected chi connectivity index (χ0v) is 12.0. The van der Waals surface area contributed by atoms with Crippen molar-refractivity contribution in [3.05, 3.63) is 36.0 Å². The van der Waals surface area contributed by atoms with Crippen LogP contribution in [0.25, 0.3) is 10.9 Å². The molecule has 1 aromatic heterocycles. The first-order chi connectivity index (χ1) is 9.28. The van der Waals surface area contributed by atoms with Crippen molar-refractivity contribution >= 4 is 10.9 Å². The molecular weight excluding hydrogens is 232 g/mol. The fourth-order valence-corrected chi connectivity index (χ4v) is 3.27. The maximum absolute atomic E-state index is 3.32. The van der Waals surface area contributed by atoms with Gasteiger partial charge in [-0.15, -0.1) is 0 Å². The van der Waals surface area contributed by atoms with Gasteiger partial charge >= 0.3 is 0 Å². The summed E-state index contributed by atoms with van der Waals surface area (Å²) in [5, 5.41) is 4.69. The van der Waals surface area contributed by atoms with E-state index in [-0.39, 0.29) is 0 Å². The van der Waals surface area contributed by atoms with Crippen LogP contribution in [0.15, 0.2) is 30.5 Å². The SMILES string of the molecule is CNC(C)c1ccc2ccn(CC3CCCC3)c2c1. The number of fused-ring (bicyclic) bond motifs is 1. The second-order valence-electron chi connectivity index (χ2n) is 5.95. The van der Waals surface area contributed by atoms with E-state index in [2.05, 4.69) is 47.3 Å². The molecule has 1 aromatic carbocycles. The molecule has 1 atom stereocenters. The largest absolute Gasteiger partial charge is 0.347 e. The molecule has 1 unspecified atom stereocenters. The van der Waals surface area contributed by atoms with Crippen molar-refractivity contribution in [2.24, 2.45) is 5.92 Å². The highest BCUT2D eigenvalue weighted by molar-refractivity contribution is 5.81. The molecule has 102 valence electrons. The predicted octanol–water partition coefficient (Wildman–Crippen LogP) is 4.11. The molecule has 1 fully saturated rings. The molecule has 1 aliphatic carbocycles. The van der Waals surface area contributed by atoms with Crippen molar-refractivity contribution in [3.63, 3.8) is 0 Å². The number of hydrogen-bond donors (Lipinski definition) is 1. The van der Waals surface area contributed by atoms with Gasteiger partial charge in [-0.2, -0.15) is 0 Å². The summed E-state index contributed by atoms with van der Waals surface area (Å²) in [6.45, 7) is 3.41. The molecule has 2 heteroatoms. The molecule has 0 bridgehead atoms. The third kappa shape index (κ3) is 2.55. The van der Waals surface area contributed by atoms with Gasteiger partial charge < -0.3 is 9.88 Å². The Labute approximate surface area is 115 Å². The fourth-order valence-electron chi connectivity index (χ4n) is 3.27. The van der Waals surface area contributed by atoms with Gasteiger partial charge in [0.05, 0.1) is 0 Å². The van der Waals surface area contributed by atoms with Crippen LogP contribution in [-0.2, 0) is 6.54 Å². The van der Waals surface area contributed by atoms with E-state index in [1.165, 1.54) is 48.7 Å². The zero-order chi connectivity index (χ0) is 13.2. The lowest BCUT2D eigenvalue weighted by molar-refractivity contribution is 0.466. The molecule has 0 saturated heterocycles. The standard InChI is InChI=1S/C17H24N2/c1-13(18-2)16-8-7-15-9-10-19(17(15)11-16)12-14-5-3-4-6-14/h7-11,13-14,18H,3-6,12H2,1-2H3. The predicted molar refractivity (Wildman–Crippen MR) is 81.4 cm³/mol. The minimum absolute atomic E-state index is 0.416. The number of nitrogens with one attached hydrogen (secondary N) is 1. The second kappa shape index (κ2) is 5.38. The minimum Gasteiger partial charge on any atom is -0.347 e. The summed E-state index contributed by atoms with van der Waals surface area (Å²) in [5.74, 6) is 0.890. The molecule has 1 heterocycles. The molecule has 0 spiro atoms. The van der Waals surface area contributed by atoms with Gasteiger partial charge in [0.1, 0.15) is 0 Å². The van der Waals surface area contributed by atoms with Gasteiger partial charge in [0.25, 0.3) is 0 Å². The van der Waals surface area contributed by atoms with Crippen LogP contribution in [0.4, 0.5) is 0 Å². The molecule has 19 heavy (non-hydrogen) atoms. The van der Waals surface area contributed by atoms with E-state index in [0.29, 0.717) is 6.04 Å². The van der Waals surface area contributed by atoms with Gasteiger partial charge in [0.2, 0.25) is 0 Å². The van der Waals surface area contributed by atoms with Crippen LogP contribution < -0.4 is 5.32 Å². The van der Waals surface area contributed by atoms with Gasteiger partial charge in [-0.05, 0) is 55.8 Å². The Kier molecular flexibility index (Phi) is 3.61. The lowest BCUT2D eigenvalue weighted by Crippen LogP contribution is -2.12. The number of hydrogen-bond acceptors (Lipinski definition) is 1. The summed E-state index contributed by atoms with van der Waals surface area (Å²) < 4.78 is 2.46. The number of benzene rings is 1. The monoisotopic (exact) mass is 256 g/mol. The summed E-state index contributed by atoms with van der Waals surface area (Å²) >= 11 is 0. The number of nitrogens with zero attached hydrogens (tertiary/aromatic N) is 1. The van der Waals surface area contributed by atoms with Crippen LogP contribution in [0.3, 0.4) is 0 Å². The molecule has 1 N–H and O–H groups in total. The lowest BCUT2D eigenvalue weighted by Gasteiger charge is -2.14. The topological polar surface area (TPSA) is 17.0 Å². The van der Waals surface area contributed by atoms with Crippen molar-refractivity contribution < 1.29 is 0 Å². The first-order valence-electron chi connectivity index (χ1n) is 7.54. The van der Waals surface area contributed by atoms with Gasteiger partial charge in [0, 0.05) is 24.3 Å². The van der Waals surface area contributed by atoms with Crippen LogP contribution in [0, 0.1) is 5.92 Å². The van der Waals surface area contributed by atoms with E-state index in [9.17, 15) is 0 Å². The number of aromatic nitrogens is 1. The average molecular weight is 256 g/mol. The van der Waals surface area contributed by atoms with Crippen molar-refractivity contribution in [3.8, 4) is 0 Å². The highest BCUT2D eigenvalue weighted by Crippen LogP contribution is 2.28. The molecule has 0 radical (unpaired) electrons. The molecule has 1 saturated carbocycles. The Morgan fingerprint density at radius 3 is 2.79 bits per heavy atom. The summed E-state index contributed by atoms with van der Waals surface area (Å²) in [6.07, 6.45) is 7.92. The average Bonchev–Trinajstić information content (AvgIpc) is 3.08. The summed E-state index contributed by atoms with van der Waals surface area (Å²) in [4.78, 5) is 0. The smallest absolute Gasteiger partial charge is 0.0483 e. The third-order valence-corrected chi connectivity index (χ3v) is 4.66. The Hall–Kier alpha value is -1.28. The van der Waals surface area contributed by atoms with E-state index in [1.807, 2.05) is 7.05 Å². The van der Waals surface area contributed by atoms with E-state index >= 15 is 0 Å².